The molecule has 0 bridgehead atoms. The van der Waals surface area contributed by atoms with Crippen LogP contribution in [0.1, 0.15) is 29.6 Å². The summed E-state index contributed by atoms with van der Waals surface area (Å²) in [6.45, 7) is 0.890. The van der Waals surface area contributed by atoms with Crippen LogP contribution >= 0.6 is 0 Å². The Morgan fingerprint density at radius 1 is 1.00 bits per heavy atom. The smallest absolute Gasteiger partial charge is 0.335 e. The maximum Gasteiger partial charge on any atom is 0.335 e. The molecule has 0 aliphatic rings. The Labute approximate surface area is 129 Å². The lowest BCUT2D eigenvalue weighted by molar-refractivity contribution is -0.697. The fraction of sp³-hybridized carbons (Fsp3) is 0.235. The van der Waals surface area contributed by atoms with Gasteiger partial charge in [0.15, 0.2) is 12.4 Å². The summed E-state index contributed by atoms with van der Waals surface area (Å²) in [5.41, 5.74) is 0.824. The number of carboxylic acid groups (broad SMARTS) is 1. The minimum Gasteiger partial charge on any atom is -0.478 e. The molecule has 0 aliphatic heterocycles. The van der Waals surface area contributed by atoms with E-state index in [4.69, 9.17) is 5.11 Å². The van der Waals surface area contributed by atoms with Crippen molar-refractivity contribution in [3.8, 4) is 0 Å². The molecule has 0 saturated heterocycles. The van der Waals surface area contributed by atoms with Gasteiger partial charge in [0.1, 0.15) is 6.54 Å². The number of carbonyl (C=O) groups is 2. The van der Waals surface area contributed by atoms with Gasteiger partial charge in [-0.3, -0.25) is 4.79 Å². The molecule has 0 unspecified atom stereocenters. The number of pyridine rings is 1. The third kappa shape index (κ3) is 5.01. The first-order chi connectivity index (χ1) is 10.6. The largest absolute Gasteiger partial charge is 0.478 e. The number of aromatic carboxylic acids is 1. The molecule has 5 heteroatoms. The zero-order chi connectivity index (χ0) is 15.8. The number of rotatable bonds is 7. The molecule has 0 radical (unpaired) electrons. The van der Waals surface area contributed by atoms with Crippen LogP contribution in [0.25, 0.3) is 0 Å². The first kappa shape index (κ1) is 15.7. The van der Waals surface area contributed by atoms with E-state index in [2.05, 4.69) is 9.88 Å². The summed E-state index contributed by atoms with van der Waals surface area (Å²) in [5.74, 6) is -1.03. The van der Waals surface area contributed by atoms with E-state index in [9.17, 15) is 9.59 Å². The zero-order valence-electron chi connectivity index (χ0n) is 12.2. The molecule has 1 amide bonds. The highest BCUT2D eigenvalue weighted by atomic mass is 16.4. The summed E-state index contributed by atoms with van der Waals surface area (Å²) in [4.78, 5) is 22.5. The Morgan fingerprint density at radius 2 is 1.68 bits per heavy atom. The number of amides is 1. The predicted molar refractivity (Wildman–Crippen MR) is 82.5 cm³/mol. The number of nitrogens with one attached hydrogen (secondary N) is 1. The van der Waals surface area contributed by atoms with Crippen LogP contribution in [-0.4, -0.2) is 17.0 Å². The van der Waals surface area contributed by atoms with Crippen molar-refractivity contribution < 1.29 is 19.3 Å². The Kier molecular flexibility index (Phi) is 5.65. The predicted octanol–water partition coefficient (Wildman–Crippen LogP) is 2.48. The van der Waals surface area contributed by atoms with E-state index in [1.165, 1.54) is 12.1 Å². The normalized spacial score (nSPS) is 10.2. The minimum atomic E-state index is -0.976. The highest BCUT2D eigenvalue weighted by molar-refractivity contribution is 5.92. The molecule has 1 aromatic heterocycles. The Morgan fingerprint density at radius 3 is 2.32 bits per heavy atom. The minimum absolute atomic E-state index is 0.0545. The van der Waals surface area contributed by atoms with E-state index in [1.807, 2.05) is 30.6 Å². The maximum absolute atomic E-state index is 11.8. The number of hydrogen-bond acceptors (Lipinski definition) is 2. The van der Waals surface area contributed by atoms with Crippen LogP contribution in [0.15, 0.2) is 54.9 Å². The van der Waals surface area contributed by atoms with Crippen LogP contribution in [0.4, 0.5) is 5.69 Å². The van der Waals surface area contributed by atoms with Crippen molar-refractivity contribution in [3.63, 3.8) is 0 Å². The number of carboxylic acids is 1. The van der Waals surface area contributed by atoms with Gasteiger partial charge in [-0.25, -0.2) is 9.36 Å². The van der Waals surface area contributed by atoms with E-state index in [0.717, 1.165) is 19.4 Å². The van der Waals surface area contributed by atoms with Crippen molar-refractivity contribution >= 4 is 17.6 Å². The molecular formula is C17H19N2O3+. The average molecular weight is 299 g/mol. The fourth-order valence-electron chi connectivity index (χ4n) is 2.08. The topological polar surface area (TPSA) is 70.3 Å². The quantitative estimate of drug-likeness (QED) is 0.609. The van der Waals surface area contributed by atoms with Crippen LogP contribution in [0.5, 0.6) is 0 Å². The molecule has 0 atom stereocenters. The summed E-state index contributed by atoms with van der Waals surface area (Å²) in [5, 5.41) is 11.6. The number of hydrogen-bond donors (Lipinski definition) is 2. The SMILES string of the molecule is O=C(CCCC[n+]1ccccc1)Nc1ccc(C(=O)O)cc1. The highest BCUT2D eigenvalue weighted by Crippen LogP contribution is 2.10. The zero-order valence-corrected chi connectivity index (χ0v) is 12.2. The van der Waals surface area contributed by atoms with Crippen LogP contribution in [0.3, 0.4) is 0 Å². The monoisotopic (exact) mass is 299 g/mol. The van der Waals surface area contributed by atoms with E-state index >= 15 is 0 Å². The van der Waals surface area contributed by atoms with Crippen molar-refractivity contribution in [1.29, 1.82) is 0 Å². The van der Waals surface area contributed by atoms with Crippen LogP contribution < -0.4 is 9.88 Å². The molecule has 5 nitrogen and oxygen atoms in total. The van der Waals surface area contributed by atoms with Gasteiger partial charge in [0.2, 0.25) is 5.91 Å². The highest BCUT2D eigenvalue weighted by Gasteiger charge is 2.06. The van der Waals surface area contributed by atoms with Gasteiger partial charge in [0.05, 0.1) is 5.56 Å². The molecule has 1 heterocycles. The molecule has 2 rings (SSSR count). The van der Waals surface area contributed by atoms with Crippen molar-refractivity contribution in [2.24, 2.45) is 0 Å². The van der Waals surface area contributed by atoms with Crippen molar-refractivity contribution in [3.05, 3.63) is 60.4 Å². The molecule has 22 heavy (non-hydrogen) atoms. The summed E-state index contributed by atoms with van der Waals surface area (Å²) < 4.78 is 2.09. The van der Waals surface area contributed by atoms with E-state index in [0.29, 0.717) is 12.1 Å². The number of carbonyl (C=O) groups excluding carboxylic acids is 1. The number of unbranched alkanes of at least 4 members (excludes halogenated alkanes) is 1. The number of aromatic nitrogens is 1. The third-order valence-corrected chi connectivity index (χ3v) is 3.26. The fourth-order valence-corrected chi connectivity index (χ4v) is 2.08. The van der Waals surface area contributed by atoms with Gasteiger partial charge < -0.3 is 10.4 Å². The molecule has 0 aliphatic carbocycles. The lowest BCUT2D eigenvalue weighted by Crippen LogP contribution is -2.32. The number of anilines is 1. The average Bonchev–Trinajstić information content (AvgIpc) is 2.53. The van der Waals surface area contributed by atoms with Crippen LogP contribution in [0.2, 0.25) is 0 Å². The molecule has 114 valence electrons. The van der Waals surface area contributed by atoms with Gasteiger partial charge in [-0.05, 0) is 30.7 Å². The second-order valence-corrected chi connectivity index (χ2v) is 5.00. The summed E-state index contributed by atoms with van der Waals surface area (Å²) in [6.07, 6.45) is 6.20. The van der Waals surface area contributed by atoms with Gasteiger partial charge in [-0.1, -0.05) is 6.07 Å². The van der Waals surface area contributed by atoms with Gasteiger partial charge in [-0.2, -0.15) is 0 Å². The van der Waals surface area contributed by atoms with Crippen molar-refractivity contribution in [2.75, 3.05) is 5.32 Å². The van der Waals surface area contributed by atoms with Gasteiger partial charge in [0, 0.05) is 30.7 Å². The lowest BCUT2D eigenvalue weighted by Gasteiger charge is -2.05. The molecule has 1 aromatic carbocycles. The molecule has 2 aromatic rings. The summed E-state index contributed by atoms with van der Waals surface area (Å²) >= 11 is 0. The van der Waals surface area contributed by atoms with Crippen LogP contribution in [-0.2, 0) is 11.3 Å². The van der Waals surface area contributed by atoms with Gasteiger partial charge in [0.25, 0.3) is 0 Å². The van der Waals surface area contributed by atoms with E-state index < -0.39 is 5.97 Å². The second-order valence-electron chi connectivity index (χ2n) is 5.00. The molecule has 2 N–H and O–H groups in total. The Hall–Kier alpha value is -2.69. The summed E-state index contributed by atoms with van der Waals surface area (Å²) in [6, 6.07) is 12.1. The molecule has 0 saturated carbocycles. The van der Waals surface area contributed by atoms with Crippen molar-refractivity contribution in [2.45, 2.75) is 25.8 Å². The Balaban J connectivity index is 1.70. The third-order valence-electron chi connectivity index (χ3n) is 3.26. The number of aryl methyl sites for hydroxylation is 1. The Bertz CT molecular complexity index is 624. The maximum atomic E-state index is 11.8. The number of benzene rings is 1. The first-order valence-corrected chi connectivity index (χ1v) is 7.22. The van der Waals surface area contributed by atoms with E-state index in [1.54, 1.807) is 12.1 Å². The molecular weight excluding hydrogens is 280 g/mol. The second kappa shape index (κ2) is 7.93. The summed E-state index contributed by atoms with van der Waals surface area (Å²) in [7, 11) is 0. The lowest BCUT2D eigenvalue weighted by atomic mass is 10.2. The molecule has 0 fully saturated rings. The first-order valence-electron chi connectivity index (χ1n) is 7.22. The van der Waals surface area contributed by atoms with Crippen LogP contribution in [0, 0.1) is 0 Å². The number of nitrogens with zero attached hydrogens (tertiary/aromatic N) is 1. The van der Waals surface area contributed by atoms with Gasteiger partial charge >= 0.3 is 5.97 Å². The van der Waals surface area contributed by atoms with Gasteiger partial charge in [-0.15, -0.1) is 0 Å². The van der Waals surface area contributed by atoms with E-state index in [-0.39, 0.29) is 11.5 Å². The van der Waals surface area contributed by atoms with Crippen molar-refractivity contribution in [1.82, 2.24) is 0 Å². The molecule has 0 spiro atoms. The standard InChI is InChI=1S/C17H18N2O3/c20-16(6-2-5-13-19-11-3-1-4-12-19)18-15-9-7-14(8-10-15)17(21)22/h1,3-4,7-12H,2,5-6,13H2,(H-,18,20,21,22)/p+1.